The Kier molecular flexibility index (Phi) is 6.92. The maximum atomic E-state index is 12.4. The van der Waals surface area contributed by atoms with Crippen molar-refractivity contribution in [2.24, 2.45) is 0 Å². The van der Waals surface area contributed by atoms with E-state index in [9.17, 15) is 18.0 Å². The number of ether oxygens (including phenoxy) is 1. The zero-order chi connectivity index (χ0) is 20.9. The number of nitrogens with zero attached hydrogens (tertiary/aromatic N) is 1. The Morgan fingerprint density at radius 2 is 1.86 bits per heavy atom. The van der Waals surface area contributed by atoms with Crippen LogP contribution in [0.1, 0.15) is 30.9 Å². The molecule has 0 saturated carbocycles. The average Bonchev–Trinajstić information content (AvgIpc) is 2.99. The Hall–Kier alpha value is -2.72. The van der Waals surface area contributed by atoms with Crippen LogP contribution in [0.15, 0.2) is 33.7 Å². The highest BCUT2D eigenvalue weighted by molar-refractivity contribution is 7.89. The molecule has 1 amide bonds. The fraction of sp³-hybridized carbons (Fsp3) is 0.389. The maximum Gasteiger partial charge on any atom is 0.324 e. The number of carbonyl (C=O) groups excluding carboxylic acids is 2. The van der Waals surface area contributed by atoms with Gasteiger partial charge in [0.15, 0.2) is 12.4 Å². The van der Waals surface area contributed by atoms with Gasteiger partial charge in [0, 0.05) is 5.69 Å². The monoisotopic (exact) mass is 409 g/mol. The molecule has 1 heterocycles. The van der Waals surface area contributed by atoms with E-state index in [1.54, 1.807) is 12.1 Å². The average molecular weight is 409 g/mol. The summed E-state index contributed by atoms with van der Waals surface area (Å²) < 4.78 is 36.7. The molecule has 0 spiro atoms. The molecule has 0 fully saturated rings. The van der Waals surface area contributed by atoms with Gasteiger partial charge in [0.25, 0.3) is 5.91 Å². The molecule has 28 heavy (non-hydrogen) atoms. The lowest BCUT2D eigenvalue weighted by molar-refractivity contribution is -0.148. The van der Waals surface area contributed by atoms with E-state index in [0.29, 0.717) is 5.69 Å². The first-order chi connectivity index (χ1) is 13.1. The number of hydrogen-bond acceptors (Lipinski definition) is 7. The van der Waals surface area contributed by atoms with E-state index in [1.807, 2.05) is 19.1 Å². The fourth-order valence-electron chi connectivity index (χ4n) is 2.48. The van der Waals surface area contributed by atoms with Gasteiger partial charge in [-0.05, 0) is 44.9 Å². The molecule has 10 heteroatoms. The number of hydrogen-bond donors (Lipinski definition) is 2. The number of aryl methyl sites for hydroxylation is 3. The summed E-state index contributed by atoms with van der Waals surface area (Å²) in [6.07, 6.45) is 0.883. The number of esters is 1. The summed E-state index contributed by atoms with van der Waals surface area (Å²) in [6, 6.07) is 6.06. The molecule has 0 aliphatic heterocycles. The molecule has 0 aliphatic carbocycles. The van der Waals surface area contributed by atoms with E-state index in [2.05, 4.69) is 15.2 Å². The predicted molar refractivity (Wildman–Crippen MR) is 101 cm³/mol. The molecule has 0 saturated heterocycles. The number of anilines is 1. The van der Waals surface area contributed by atoms with Gasteiger partial charge in [0.1, 0.15) is 16.6 Å². The largest absolute Gasteiger partial charge is 0.454 e. The van der Waals surface area contributed by atoms with Crippen LogP contribution in [0.25, 0.3) is 0 Å². The van der Waals surface area contributed by atoms with Crippen LogP contribution in [-0.2, 0) is 30.8 Å². The second-order valence-electron chi connectivity index (χ2n) is 6.20. The molecule has 2 rings (SSSR count). The van der Waals surface area contributed by atoms with E-state index in [-0.39, 0.29) is 16.3 Å². The second kappa shape index (κ2) is 8.98. The van der Waals surface area contributed by atoms with Crippen LogP contribution in [0.2, 0.25) is 0 Å². The fourth-order valence-corrected chi connectivity index (χ4v) is 4.00. The summed E-state index contributed by atoms with van der Waals surface area (Å²) >= 11 is 0. The Bertz CT molecular complexity index is 931. The first-order valence-corrected chi connectivity index (χ1v) is 10.1. The van der Waals surface area contributed by atoms with Gasteiger partial charge >= 0.3 is 5.97 Å². The van der Waals surface area contributed by atoms with Crippen LogP contribution in [0.3, 0.4) is 0 Å². The molecule has 0 aliphatic rings. The highest BCUT2D eigenvalue weighted by atomic mass is 32.2. The first kappa shape index (κ1) is 21.6. The van der Waals surface area contributed by atoms with Crippen LogP contribution in [-0.4, -0.2) is 38.1 Å². The van der Waals surface area contributed by atoms with Crippen molar-refractivity contribution in [3.63, 3.8) is 0 Å². The Labute approximate surface area is 163 Å². The lowest BCUT2D eigenvalue weighted by Gasteiger charge is -2.13. The molecule has 2 N–H and O–H groups in total. The van der Waals surface area contributed by atoms with Gasteiger partial charge in [-0.15, -0.1) is 0 Å². The highest BCUT2D eigenvalue weighted by Crippen LogP contribution is 2.19. The molecule has 9 nitrogen and oxygen atoms in total. The van der Waals surface area contributed by atoms with Crippen molar-refractivity contribution in [1.29, 1.82) is 0 Å². The van der Waals surface area contributed by atoms with Crippen molar-refractivity contribution in [3.8, 4) is 0 Å². The van der Waals surface area contributed by atoms with Gasteiger partial charge in [0.05, 0.1) is 0 Å². The Balaban J connectivity index is 1.88. The van der Waals surface area contributed by atoms with E-state index in [4.69, 9.17) is 9.26 Å². The maximum absolute atomic E-state index is 12.4. The quantitative estimate of drug-likeness (QED) is 0.635. The van der Waals surface area contributed by atoms with Crippen molar-refractivity contribution >= 4 is 27.6 Å². The molecule has 0 unspecified atom stereocenters. The number of rotatable bonds is 8. The van der Waals surface area contributed by atoms with E-state index in [0.717, 1.165) is 12.0 Å². The number of benzene rings is 1. The number of amides is 1. The van der Waals surface area contributed by atoms with Crippen LogP contribution < -0.4 is 10.0 Å². The molecule has 0 radical (unpaired) electrons. The summed E-state index contributed by atoms with van der Waals surface area (Å²) in [5, 5.41) is 6.18. The van der Waals surface area contributed by atoms with Crippen molar-refractivity contribution in [2.75, 3.05) is 11.9 Å². The molecule has 1 atom stereocenters. The lowest BCUT2D eigenvalue weighted by atomic mass is 10.1. The minimum atomic E-state index is -4.02. The molecule has 1 aromatic carbocycles. The third-order valence-corrected chi connectivity index (χ3v) is 5.70. The summed E-state index contributed by atoms with van der Waals surface area (Å²) in [6.45, 7) is 5.74. The first-order valence-electron chi connectivity index (χ1n) is 8.64. The number of sulfonamides is 1. The standard InChI is InChI=1S/C18H23N3O6S/c1-5-14-6-8-15(9-7-14)19-16(22)10-26-18(23)12(3)21-28(24,25)17-11(2)20-27-13(17)4/h6-9,12,21H,5,10H2,1-4H3,(H,19,22)/t12-/m0/s1. The van der Waals surface area contributed by atoms with Gasteiger partial charge in [-0.1, -0.05) is 24.2 Å². The zero-order valence-corrected chi connectivity index (χ0v) is 16.9. The Morgan fingerprint density at radius 1 is 1.21 bits per heavy atom. The minimum absolute atomic E-state index is 0.110. The zero-order valence-electron chi connectivity index (χ0n) is 16.1. The molecule has 2 aromatic rings. The SMILES string of the molecule is CCc1ccc(NC(=O)COC(=O)[C@H](C)NS(=O)(=O)c2c(C)noc2C)cc1. The highest BCUT2D eigenvalue weighted by Gasteiger charge is 2.29. The minimum Gasteiger partial charge on any atom is -0.454 e. The van der Waals surface area contributed by atoms with E-state index in [1.165, 1.54) is 20.8 Å². The van der Waals surface area contributed by atoms with Crippen molar-refractivity contribution < 1.29 is 27.3 Å². The van der Waals surface area contributed by atoms with Crippen molar-refractivity contribution in [1.82, 2.24) is 9.88 Å². The summed E-state index contributed by atoms with van der Waals surface area (Å²) in [5.41, 5.74) is 1.88. The van der Waals surface area contributed by atoms with Gasteiger partial charge in [-0.2, -0.15) is 4.72 Å². The van der Waals surface area contributed by atoms with E-state index < -0.39 is 34.5 Å². The van der Waals surface area contributed by atoms with Crippen LogP contribution in [0, 0.1) is 13.8 Å². The Morgan fingerprint density at radius 3 is 2.39 bits per heavy atom. The van der Waals surface area contributed by atoms with Crippen LogP contribution in [0.5, 0.6) is 0 Å². The third kappa shape index (κ3) is 5.40. The number of carbonyl (C=O) groups is 2. The van der Waals surface area contributed by atoms with Crippen molar-refractivity contribution in [2.45, 2.75) is 45.1 Å². The number of nitrogens with one attached hydrogen (secondary N) is 2. The lowest BCUT2D eigenvalue weighted by Crippen LogP contribution is -2.40. The second-order valence-corrected chi connectivity index (χ2v) is 7.85. The normalized spacial score (nSPS) is 12.4. The molecule has 0 bridgehead atoms. The predicted octanol–water partition coefficient (Wildman–Crippen LogP) is 1.70. The van der Waals surface area contributed by atoms with Gasteiger partial charge < -0.3 is 14.6 Å². The molecular formula is C18H23N3O6S. The molecular weight excluding hydrogens is 386 g/mol. The summed E-state index contributed by atoms with van der Waals surface area (Å²) in [7, 11) is -4.02. The van der Waals surface area contributed by atoms with Crippen molar-refractivity contribution in [3.05, 3.63) is 41.3 Å². The van der Waals surface area contributed by atoms with Crippen LogP contribution >= 0.6 is 0 Å². The summed E-state index contributed by atoms with van der Waals surface area (Å²) in [5.74, 6) is -1.30. The van der Waals surface area contributed by atoms with Gasteiger partial charge in [-0.3, -0.25) is 9.59 Å². The summed E-state index contributed by atoms with van der Waals surface area (Å²) in [4.78, 5) is 23.8. The topological polar surface area (TPSA) is 128 Å². The smallest absolute Gasteiger partial charge is 0.324 e. The van der Waals surface area contributed by atoms with E-state index >= 15 is 0 Å². The van der Waals surface area contributed by atoms with Gasteiger partial charge in [-0.25, -0.2) is 8.42 Å². The van der Waals surface area contributed by atoms with Crippen LogP contribution in [0.4, 0.5) is 5.69 Å². The number of aromatic nitrogens is 1. The molecule has 1 aromatic heterocycles. The third-order valence-electron chi connectivity index (χ3n) is 3.91. The van der Waals surface area contributed by atoms with Gasteiger partial charge in [0.2, 0.25) is 10.0 Å². The molecule has 152 valence electrons.